The Labute approximate surface area is 135 Å². The molecule has 1 aliphatic rings. The van der Waals surface area contributed by atoms with Crippen LogP contribution in [0.15, 0.2) is 17.5 Å². The van der Waals surface area contributed by atoms with Crippen LogP contribution in [0.1, 0.15) is 71.7 Å². The number of hydrogen-bond donors (Lipinski definition) is 2. The van der Waals surface area contributed by atoms with Crippen molar-refractivity contribution < 1.29 is 4.79 Å². The van der Waals surface area contributed by atoms with E-state index in [2.05, 4.69) is 33.9 Å². The fraction of sp³-hybridized carbons (Fsp3) is 0.529. The summed E-state index contributed by atoms with van der Waals surface area (Å²) in [5, 5.41) is 12.6. The average molecular weight is 317 g/mol. The highest BCUT2D eigenvalue weighted by atomic mass is 32.1. The molecule has 0 saturated heterocycles. The molecule has 1 atom stereocenters. The van der Waals surface area contributed by atoms with E-state index in [4.69, 9.17) is 0 Å². The third kappa shape index (κ3) is 3.24. The van der Waals surface area contributed by atoms with E-state index in [0.717, 1.165) is 43.4 Å². The van der Waals surface area contributed by atoms with E-state index in [1.807, 2.05) is 6.07 Å². The van der Waals surface area contributed by atoms with Crippen LogP contribution in [0.4, 0.5) is 0 Å². The molecule has 2 N–H and O–H groups in total. The van der Waals surface area contributed by atoms with Crippen molar-refractivity contribution in [1.29, 1.82) is 0 Å². The predicted molar refractivity (Wildman–Crippen MR) is 89.3 cm³/mol. The molecule has 2 aromatic rings. The molecule has 1 unspecified atom stereocenters. The van der Waals surface area contributed by atoms with E-state index >= 15 is 0 Å². The molecule has 0 aromatic carbocycles. The number of aromatic amines is 1. The number of rotatable bonds is 5. The van der Waals surface area contributed by atoms with Gasteiger partial charge in [0.25, 0.3) is 5.91 Å². The molecule has 2 aromatic heterocycles. The number of fused-ring (bicyclic) bond motifs is 1. The van der Waals surface area contributed by atoms with Crippen molar-refractivity contribution >= 4 is 17.2 Å². The summed E-state index contributed by atoms with van der Waals surface area (Å²) in [4.78, 5) is 13.9. The number of thiophene rings is 1. The van der Waals surface area contributed by atoms with Crippen LogP contribution in [-0.2, 0) is 12.8 Å². The Hall–Kier alpha value is -1.62. The summed E-state index contributed by atoms with van der Waals surface area (Å²) in [6.45, 7) is 2.15. The molecule has 22 heavy (non-hydrogen) atoms. The highest BCUT2D eigenvalue weighted by Crippen LogP contribution is 2.25. The Morgan fingerprint density at radius 1 is 1.41 bits per heavy atom. The topological polar surface area (TPSA) is 57.8 Å². The van der Waals surface area contributed by atoms with Gasteiger partial charge in [-0.2, -0.15) is 5.10 Å². The minimum absolute atomic E-state index is 0.0359. The monoisotopic (exact) mass is 317 g/mol. The summed E-state index contributed by atoms with van der Waals surface area (Å²) in [5.41, 5.74) is 2.90. The van der Waals surface area contributed by atoms with Crippen LogP contribution in [0.5, 0.6) is 0 Å². The van der Waals surface area contributed by atoms with Crippen molar-refractivity contribution in [1.82, 2.24) is 15.5 Å². The summed E-state index contributed by atoms with van der Waals surface area (Å²) < 4.78 is 0. The van der Waals surface area contributed by atoms with Crippen molar-refractivity contribution in [3.8, 4) is 0 Å². The molecule has 0 saturated carbocycles. The molecular weight excluding hydrogens is 294 g/mol. The van der Waals surface area contributed by atoms with Gasteiger partial charge in [0.15, 0.2) is 5.69 Å². The first-order valence-electron chi connectivity index (χ1n) is 8.20. The number of hydrogen-bond acceptors (Lipinski definition) is 3. The number of carbonyl (C=O) groups is 1. The number of aromatic nitrogens is 2. The first-order valence-corrected chi connectivity index (χ1v) is 9.08. The quantitative estimate of drug-likeness (QED) is 0.819. The van der Waals surface area contributed by atoms with Gasteiger partial charge in [-0.15, -0.1) is 11.3 Å². The van der Waals surface area contributed by atoms with Gasteiger partial charge in [-0.3, -0.25) is 9.89 Å². The molecule has 3 rings (SSSR count). The van der Waals surface area contributed by atoms with Crippen LogP contribution >= 0.6 is 11.3 Å². The maximum atomic E-state index is 12.7. The van der Waals surface area contributed by atoms with Crippen molar-refractivity contribution in [3.05, 3.63) is 39.3 Å². The second kappa shape index (κ2) is 7.09. The van der Waals surface area contributed by atoms with Gasteiger partial charge in [0, 0.05) is 16.1 Å². The van der Waals surface area contributed by atoms with E-state index in [9.17, 15) is 4.79 Å². The van der Waals surface area contributed by atoms with Gasteiger partial charge in [0.05, 0.1) is 6.04 Å². The molecule has 118 valence electrons. The Balaban J connectivity index is 1.77. The third-order valence-corrected chi connectivity index (χ3v) is 5.28. The zero-order valence-corrected chi connectivity index (χ0v) is 13.8. The fourth-order valence-electron chi connectivity index (χ4n) is 3.14. The van der Waals surface area contributed by atoms with Crippen molar-refractivity contribution in [2.45, 2.75) is 57.9 Å². The van der Waals surface area contributed by atoms with E-state index < -0.39 is 0 Å². The summed E-state index contributed by atoms with van der Waals surface area (Å²) in [6, 6.07) is 4.22. The lowest BCUT2D eigenvalue weighted by atomic mass is 10.1. The Morgan fingerprint density at radius 3 is 3.05 bits per heavy atom. The highest BCUT2D eigenvalue weighted by molar-refractivity contribution is 7.10. The molecular formula is C17H23N3OS. The highest BCUT2D eigenvalue weighted by Gasteiger charge is 2.23. The molecule has 2 heterocycles. The lowest BCUT2D eigenvalue weighted by Crippen LogP contribution is -2.29. The van der Waals surface area contributed by atoms with Gasteiger partial charge < -0.3 is 5.32 Å². The predicted octanol–water partition coefficient (Wildman–Crippen LogP) is 4.01. The lowest BCUT2D eigenvalue weighted by molar-refractivity contribution is 0.0929. The SMILES string of the molecule is CCCC(NC(=O)c1n[nH]c2c1CCCCC2)c1cccs1. The lowest BCUT2D eigenvalue weighted by Gasteiger charge is -2.16. The van der Waals surface area contributed by atoms with E-state index in [1.165, 1.54) is 17.7 Å². The summed E-state index contributed by atoms with van der Waals surface area (Å²) in [7, 11) is 0. The van der Waals surface area contributed by atoms with Crippen LogP contribution in [0.2, 0.25) is 0 Å². The van der Waals surface area contributed by atoms with Crippen LogP contribution in [0, 0.1) is 0 Å². The van der Waals surface area contributed by atoms with E-state index in [0.29, 0.717) is 5.69 Å². The third-order valence-electron chi connectivity index (χ3n) is 4.29. The largest absolute Gasteiger partial charge is 0.343 e. The smallest absolute Gasteiger partial charge is 0.272 e. The zero-order chi connectivity index (χ0) is 15.4. The number of aryl methyl sites for hydroxylation is 1. The Kier molecular flexibility index (Phi) is 4.93. The molecule has 0 bridgehead atoms. The summed E-state index contributed by atoms with van der Waals surface area (Å²) in [6.07, 6.45) is 7.54. The molecule has 0 spiro atoms. The Bertz CT molecular complexity index is 618. The van der Waals surface area contributed by atoms with E-state index in [1.54, 1.807) is 11.3 Å². The van der Waals surface area contributed by atoms with Gasteiger partial charge in [0.2, 0.25) is 0 Å². The average Bonchev–Trinajstić information content (AvgIpc) is 3.12. The number of H-pyrrole nitrogens is 1. The van der Waals surface area contributed by atoms with Crippen LogP contribution in [-0.4, -0.2) is 16.1 Å². The van der Waals surface area contributed by atoms with Crippen LogP contribution in [0.3, 0.4) is 0 Å². The maximum absolute atomic E-state index is 12.7. The van der Waals surface area contributed by atoms with Gasteiger partial charge in [-0.1, -0.05) is 25.8 Å². The minimum Gasteiger partial charge on any atom is -0.343 e. The Morgan fingerprint density at radius 2 is 2.27 bits per heavy atom. The second-order valence-electron chi connectivity index (χ2n) is 5.92. The second-order valence-corrected chi connectivity index (χ2v) is 6.90. The number of nitrogens with zero attached hydrogens (tertiary/aromatic N) is 1. The van der Waals surface area contributed by atoms with Crippen molar-refractivity contribution in [2.24, 2.45) is 0 Å². The number of nitrogens with one attached hydrogen (secondary N) is 2. The fourth-order valence-corrected chi connectivity index (χ4v) is 3.95. The maximum Gasteiger partial charge on any atom is 0.272 e. The van der Waals surface area contributed by atoms with Crippen molar-refractivity contribution in [2.75, 3.05) is 0 Å². The van der Waals surface area contributed by atoms with Crippen LogP contribution < -0.4 is 5.32 Å². The van der Waals surface area contributed by atoms with Gasteiger partial charge >= 0.3 is 0 Å². The molecule has 4 nitrogen and oxygen atoms in total. The van der Waals surface area contributed by atoms with Gasteiger partial charge in [-0.25, -0.2) is 0 Å². The van der Waals surface area contributed by atoms with Crippen molar-refractivity contribution in [3.63, 3.8) is 0 Å². The van der Waals surface area contributed by atoms with E-state index in [-0.39, 0.29) is 11.9 Å². The zero-order valence-electron chi connectivity index (χ0n) is 13.0. The molecule has 0 radical (unpaired) electrons. The standard InChI is InChI=1S/C17H23N3OS/c1-2-7-14(15-10-6-11-22-15)18-17(21)16-12-8-4-3-5-9-13(12)19-20-16/h6,10-11,14H,2-5,7-9H2,1H3,(H,18,21)(H,19,20). The molecule has 0 fully saturated rings. The van der Waals surface area contributed by atoms with Crippen LogP contribution in [0.25, 0.3) is 0 Å². The van der Waals surface area contributed by atoms with Gasteiger partial charge in [-0.05, 0) is 43.6 Å². The first kappa shape index (κ1) is 15.3. The normalized spacial score (nSPS) is 15.9. The number of amides is 1. The first-order chi connectivity index (χ1) is 10.8. The summed E-state index contributed by atoms with van der Waals surface area (Å²) in [5.74, 6) is -0.0359. The molecule has 1 aliphatic carbocycles. The summed E-state index contributed by atoms with van der Waals surface area (Å²) >= 11 is 1.70. The molecule has 5 heteroatoms. The molecule has 0 aliphatic heterocycles. The molecule has 1 amide bonds. The number of carbonyl (C=O) groups excluding carboxylic acids is 1. The minimum atomic E-state index is -0.0359. The van der Waals surface area contributed by atoms with Gasteiger partial charge in [0.1, 0.15) is 0 Å².